The number of nitrogens with one attached hydrogen (secondary N) is 1. The predicted octanol–water partition coefficient (Wildman–Crippen LogP) is 2.43. The number of carboxylic acids is 1. The molecule has 0 aliphatic rings. The van der Waals surface area contributed by atoms with Gasteiger partial charge in [0.1, 0.15) is 11.5 Å². The van der Waals surface area contributed by atoms with E-state index in [9.17, 15) is 9.59 Å². The minimum atomic E-state index is -0.890. The second-order valence-corrected chi connectivity index (χ2v) is 6.59. The van der Waals surface area contributed by atoms with Crippen LogP contribution in [0.2, 0.25) is 10.0 Å². The number of nitrogens with zero attached hydrogens (tertiary/aromatic N) is 3. The van der Waals surface area contributed by atoms with E-state index in [0.717, 1.165) is 0 Å². The molecule has 1 aromatic heterocycles. The maximum absolute atomic E-state index is 12.1. The van der Waals surface area contributed by atoms with Crippen LogP contribution >= 0.6 is 35.0 Å². The second kappa shape index (κ2) is 8.36. The fourth-order valence-electron chi connectivity index (χ4n) is 1.86. The number of aromatic nitrogens is 3. The van der Waals surface area contributed by atoms with Gasteiger partial charge in [0.25, 0.3) is 5.91 Å². The maximum Gasteiger partial charge on any atom is 0.313 e. The largest absolute Gasteiger partial charge is 0.481 e. The molecule has 0 unspecified atom stereocenters. The third-order valence-corrected chi connectivity index (χ3v) is 4.43. The van der Waals surface area contributed by atoms with Crippen molar-refractivity contribution in [2.45, 2.75) is 6.92 Å². The van der Waals surface area contributed by atoms with Crippen molar-refractivity contribution in [1.29, 1.82) is 0 Å². The highest BCUT2D eigenvalue weighted by atomic mass is 35.5. The molecule has 1 aromatic carbocycles. The third kappa shape index (κ3) is 4.62. The van der Waals surface area contributed by atoms with Crippen molar-refractivity contribution in [1.82, 2.24) is 20.1 Å². The number of benzene rings is 1. The molecule has 2 rings (SSSR count). The first-order valence-corrected chi connectivity index (χ1v) is 8.77. The Labute approximate surface area is 152 Å². The summed E-state index contributed by atoms with van der Waals surface area (Å²) < 4.78 is 1.42. The molecular formula is C14H14Cl2N4O3S. The molecule has 0 radical (unpaired) electrons. The molecule has 2 aromatic rings. The average Bonchev–Trinajstić information content (AvgIpc) is 2.88. The molecule has 128 valence electrons. The monoisotopic (exact) mass is 388 g/mol. The molecule has 0 aliphatic heterocycles. The normalized spacial score (nSPS) is 10.6. The van der Waals surface area contributed by atoms with Crippen LogP contribution in [-0.2, 0) is 4.79 Å². The van der Waals surface area contributed by atoms with Crippen molar-refractivity contribution >= 4 is 46.8 Å². The van der Waals surface area contributed by atoms with Crippen molar-refractivity contribution in [2.75, 3.05) is 18.1 Å². The van der Waals surface area contributed by atoms with Crippen molar-refractivity contribution in [3.05, 3.63) is 39.9 Å². The fraction of sp³-hybridized carbons (Fsp3) is 0.286. The van der Waals surface area contributed by atoms with Gasteiger partial charge in [-0.1, -0.05) is 29.3 Å². The van der Waals surface area contributed by atoms with E-state index in [0.29, 0.717) is 33.9 Å². The first kappa shape index (κ1) is 18.6. The molecule has 0 atom stereocenters. The summed E-state index contributed by atoms with van der Waals surface area (Å²) in [6.45, 7) is 2.00. The molecule has 1 heterocycles. The SMILES string of the molecule is Cc1nc(C(=O)NCCSCC(=O)O)nn1-c1c(Cl)cccc1Cl. The van der Waals surface area contributed by atoms with Gasteiger partial charge in [-0.25, -0.2) is 9.67 Å². The molecule has 0 bridgehead atoms. The van der Waals surface area contributed by atoms with Crippen LogP contribution < -0.4 is 5.32 Å². The van der Waals surface area contributed by atoms with Gasteiger partial charge in [-0.3, -0.25) is 9.59 Å². The molecule has 1 amide bonds. The maximum atomic E-state index is 12.1. The number of para-hydroxylation sites is 1. The Bertz CT molecular complexity index is 746. The van der Waals surface area contributed by atoms with Crippen LogP contribution in [0.1, 0.15) is 16.4 Å². The zero-order chi connectivity index (χ0) is 17.7. The number of thioether (sulfide) groups is 1. The standard InChI is InChI=1S/C14H14Cl2N4O3S/c1-8-18-13(14(23)17-5-6-24-7-11(21)22)19-20(8)12-9(15)3-2-4-10(12)16/h2-4H,5-7H2,1H3,(H,17,23)(H,21,22). The quantitative estimate of drug-likeness (QED) is 0.706. The van der Waals surface area contributed by atoms with Gasteiger partial charge in [0.2, 0.25) is 5.82 Å². The average molecular weight is 389 g/mol. The number of hydrogen-bond acceptors (Lipinski definition) is 5. The summed E-state index contributed by atoms with van der Waals surface area (Å²) in [5.74, 6) is -0.405. The van der Waals surface area contributed by atoms with Crippen LogP contribution in [0.4, 0.5) is 0 Å². The van der Waals surface area contributed by atoms with Crippen LogP contribution in [0, 0.1) is 6.92 Å². The molecule has 2 N–H and O–H groups in total. The zero-order valence-corrected chi connectivity index (χ0v) is 15.0. The minimum absolute atomic E-state index is 0.00708. The number of amides is 1. The van der Waals surface area contributed by atoms with Crippen LogP contribution in [0.3, 0.4) is 0 Å². The Kier molecular flexibility index (Phi) is 6.47. The fourth-order valence-corrected chi connectivity index (χ4v) is 2.99. The number of aryl methyl sites for hydroxylation is 1. The van der Waals surface area contributed by atoms with E-state index in [1.165, 1.54) is 16.4 Å². The first-order chi connectivity index (χ1) is 11.4. The molecule has 0 aliphatic carbocycles. The molecule has 10 heteroatoms. The third-order valence-electron chi connectivity index (χ3n) is 2.88. The van der Waals surface area contributed by atoms with Gasteiger partial charge >= 0.3 is 5.97 Å². The van der Waals surface area contributed by atoms with Crippen molar-refractivity contribution in [3.8, 4) is 5.69 Å². The van der Waals surface area contributed by atoms with Gasteiger partial charge in [-0.2, -0.15) is 0 Å². The number of carbonyl (C=O) groups excluding carboxylic acids is 1. The summed E-state index contributed by atoms with van der Waals surface area (Å²) in [6, 6.07) is 5.05. The summed E-state index contributed by atoms with van der Waals surface area (Å²) in [6.07, 6.45) is 0. The van der Waals surface area contributed by atoms with Crippen molar-refractivity contribution in [3.63, 3.8) is 0 Å². The molecule has 24 heavy (non-hydrogen) atoms. The van der Waals surface area contributed by atoms with E-state index >= 15 is 0 Å². The first-order valence-electron chi connectivity index (χ1n) is 6.86. The topological polar surface area (TPSA) is 97.1 Å². The Morgan fingerprint density at radius 2 is 2.00 bits per heavy atom. The second-order valence-electron chi connectivity index (χ2n) is 4.67. The van der Waals surface area contributed by atoms with E-state index in [2.05, 4.69) is 15.4 Å². The molecule has 7 nitrogen and oxygen atoms in total. The van der Waals surface area contributed by atoms with Crippen LogP contribution in [-0.4, -0.2) is 49.8 Å². The van der Waals surface area contributed by atoms with Gasteiger partial charge < -0.3 is 10.4 Å². The van der Waals surface area contributed by atoms with E-state index in [1.807, 2.05) is 0 Å². The highest BCUT2D eigenvalue weighted by molar-refractivity contribution is 7.99. The van der Waals surface area contributed by atoms with E-state index in [4.69, 9.17) is 28.3 Å². The van der Waals surface area contributed by atoms with E-state index in [-0.39, 0.29) is 11.6 Å². The Hall–Kier alpha value is -1.77. The molecular weight excluding hydrogens is 375 g/mol. The van der Waals surface area contributed by atoms with Gasteiger partial charge in [0, 0.05) is 12.3 Å². The highest BCUT2D eigenvalue weighted by Crippen LogP contribution is 2.28. The lowest BCUT2D eigenvalue weighted by molar-refractivity contribution is -0.133. The lowest BCUT2D eigenvalue weighted by Crippen LogP contribution is -2.27. The number of carbonyl (C=O) groups is 2. The zero-order valence-electron chi connectivity index (χ0n) is 12.6. The number of halogens is 2. The summed E-state index contributed by atoms with van der Waals surface area (Å²) in [4.78, 5) is 26.6. The lowest BCUT2D eigenvalue weighted by atomic mass is 10.3. The van der Waals surface area contributed by atoms with Gasteiger partial charge in [-0.05, 0) is 19.1 Å². The Balaban J connectivity index is 2.06. The summed E-state index contributed by atoms with van der Waals surface area (Å²) in [7, 11) is 0. The van der Waals surface area contributed by atoms with E-state index in [1.54, 1.807) is 25.1 Å². The van der Waals surface area contributed by atoms with Gasteiger partial charge in [0.05, 0.1) is 15.8 Å². The Morgan fingerprint density at radius 3 is 2.62 bits per heavy atom. The van der Waals surface area contributed by atoms with Gasteiger partial charge in [-0.15, -0.1) is 16.9 Å². The van der Waals surface area contributed by atoms with Crippen molar-refractivity contribution in [2.24, 2.45) is 0 Å². The van der Waals surface area contributed by atoms with Crippen LogP contribution in [0.15, 0.2) is 18.2 Å². The highest BCUT2D eigenvalue weighted by Gasteiger charge is 2.18. The van der Waals surface area contributed by atoms with Gasteiger partial charge in [0.15, 0.2) is 0 Å². The van der Waals surface area contributed by atoms with Crippen LogP contribution in [0.5, 0.6) is 0 Å². The predicted molar refractivity (Wildman–Crippen MR) is 93.4 cm³/mol. The Morgan fingerprint density at radius 1 is 1.33 bits per heavy atom. The molecule has 0 saturated heterocycles. The smallest absolute Gasteiger partial charge is 0.313 e. The lowest BCUT2D eigenvalue weighted by Gasteiger charge is -2.07. The van der Waals surface area contributed by atoms with Crippen LogP contribution in [0.25, 0.3) is 5.69 Å². The van der Waals surface area contributed by atoms with Crippen molar-refractivity contribution < 1.29 is 14.7 Å². The molecule has 0 fully saturated rings. The number of carboxylic acid groups (broad SMARTS) is 1. The van der Waals surface area contributed by atoms with E-state index < -0.39 is 11.9 Å². The molecule has 0 spiro atoms. The minimum Gasteiger partial charge on any atom is -0.481 e. The number of hydrogen-bond donors (Lipinski definition) is 2. The number of aliphatic carboxylic acids is 1. The summed E-state index contributed by atoms with van der Waals surface area (Å²) in [5, 5.41) is 16.1. The molecule has 0 saturated carbocycles. The number of rotatable bonds is 7. The summed E-state index contributed by atoms with van der Waals surface area (Å²) in [5.41, 5.74) is 0.460. The summed E-state index contributed by atoms with van der Waals surface area (Å²) >= 11 is 13.5.